The monoisotopic (exact) mass is 402 g/mol. The van der Waals surface area contributed by atoms with Gasteiger partial charge in [-0.1, -0.05) is 23.7 Å². The first-order valence-corrected chi connectivity index (χ1v) is 8.20. The molecule has 0 saturated carbocycles. The van der Waals surface area contributed by atoms with Gasteiger partial charge in [-0.2, -0.15) is 13.2 Å². The SMILES string of the molecule is COc1ccc(NC(=O)N(C)Cc2cccc(Cl)c2)cc1OCC(F)(F)F. The maximum Gasteiger partial charge on any atom is 0.422 e. The van der Waals surface area contributed by atoms with Crippen molar-refractivity contribution in [3.63, 3.8) is 0 Å². The number of carbonyl (C=O) groups excluding carboxylic acids is 1. The minimum Gasteiger partial charge on any atom is -0.493 e. The lowest BCUT2D eigenvalue weighted by Crippen LogP contribution is -2.30. The summed E-state index contributed by atoms with van der Waals surface area (Å²) in [6.07, 6.45) is -4.48. The first kappa shape index (κ1) is 20.7. The van der Waals surface area contributed by atoms with Crippen LogP contribution in [0.15, 0.2) is 42.5 Å². The van der Waals surface area contributed by atoms with Crippen molar-refractivity contribution in [1.82, 2.24) is 4.90 Å². The highest BCUT2D eigenvalue weighted by atomic mass is 35.5. The summed E-state index contributed by atoms with van der Waals surface area (Å²) in [6.45, 7) is -1.16. The van der Waals surface area contributed by atoms with E-state index in [-0.39, 0.29) is 17.2 Å². The number of ether oxygens (including phenoxy) is 2. The molecule has 0 atom stereocenters. The molecule has 0 bridgehead atoms. The lowest BCUT2D eigenvalue weighted by Gasteiger charge is -2.19. The van der Waals surface area contributed by atoms with E-state index < -0.39 is 18.8 Å². The minimum absolute atomic E-state index is 0.120. The predicted octanol–water partition coefficient (Wildman–Crippen LogP) is 4.95. The third-order valence-electron chi connectivity index (χ3n) is 3.46. The van der Waals surface area contributed by atoms with Gasteiger partial charge in [0.1, 0.15) is 0 Å². The zero-order valence-corrected chi connectivity index (χ0v) is 15.4. The Hall–Kier alpha value is -2.61. The van der Waals surface area contributed by atoms with Crippen LogP contribution in [0.3, 0.4) is 0 Å². The molecule has 0 unspecified atom stereocenters. The molecule has 5 nitrogen and oxygen atoms in total. The summed E-state index contributed by atoms with van der Waals surface area (Å²) < 4.78 is 46.9. The number of alkyl halides is 3. The van der Waals surface area contributed by atoms with Gasteiger partial charge in [0.05, 0.1) is 7.11 Å². The fourth-order valence-corrected chi connectivity index (χ4v) is 2.44. The smallest absolute Gasteiger partial charge is 0.422 e. The molecule has 0 aliphatic rings. The number of nitrogens with one attached hydrogen (secondary N) is 1. The van der Waals surface area contributed by atoms with Crippen LogP contribution in [0.2, 0.25) is 5.02 Å². The second kappa shape index (κ2) is 8.85. The molecule has 2 rings (SSSR count). The van der Waals surface area contributed by atoms with Crippen LogP contribution >= 0.6 is 11.6 Å². The van der Waals surface area contributed by atoms with Gasteiger partial charge in [-0.05, 0) is 29.8 Å². The van der Waals surface area contributed by atoms with Gasteiger partial charge >= 0.3 is 12.2 Å². The van der Waals surface area contributed by atoms with E-state index in [1.54, 1.807) is 25.2 Å². The molecule has 2 amide bonds. The molecule has 0 aliphatic heterocycles. The lowest BCUT2D eigenvalue weighted by atomic mass is 10.2. The number of methoxy groups -OCH3 is 1. The van der Waals surface area contributed by atoms with Crippen molar-refractivity contribution in [3.8, 4) is 11.5 Å². The van der Waals surface area contributed by atoms with Crippen LogP contribution < -0.4 is 14.8 Å². The topological polar surface area (TPSA) is 50.8 Å². The largest absolute Gasteiger partial charge is 0.493 e. The summed E-state index contributed by atoms with van der Waals surface area (Å²) >= 11 is 5.92. The minimum atomic E-state index is -4.48. The predicted molar refractivity (Wildman–Crippen MR) is 96.5 cm³/mol. The normalized spacial score (nSPS) is 11.0. The molecule has 1 N–H and O–H groups in total. The van der Waals surface area contributed by atoms with Crippen LogP contribution in [0, 0.1) is 0 Å². The molecule has 0 heterocycles. The number of halogens is 4. The van der Waals surface area contributed by atoms with Crippen LogP contribution in [-0.4, -0.2) is 37.9 Å². The molecule has 0 aliphatic carbocycles. The van der Waals surface area contributed by atoms with Crippen LogP contribution in [0.25, 0.3) is 0 Å². The van der Waals surface area contributed by atoms with Crippen LogP contribution in [-0.2, 0) is 6.54 Å². The number of hydrogen-bond acceptors (Lipinski definition) is 3. The summed E-state index contributed by atoms with van der Waals surface area (Å²) in [6, 6.07) is 10.8. The van der Waals surface area contributed by atoms with E-state index in [1.165, 1.54) is 30.2 Å². The summed E-state index contributed by atoms with van der Waals surface area (Å²) in [5, 5.41) is 3.16. The van der Waals surface area contributed by atoms with Crippen molar-refractivity contribution in [1.29, 1.82) is 0 Å². The highest BCUT2D eigenvalue weighted by Crippen LogP contribution is 2.31. The van der Waals surface area contributed by atoms with E-state index in [0.717, 1.165) is 5.56 Å². The molecular formula is C18H18ClF3N2O3. The van der Waals surface area contributed by atoms with Gasteiger partial charge in [0, 0.05) is 30.4 Å². The average molecular weight is 403 g/mol. The molecule has 9 heteroatoms. The first-order chi connectivity index (χ1) is 12.7. The van der Waals surface area contributed by atoms with Gasteiger partial charge in [0.15, 0.2) is 18.1 Å². The van der Waals surface area contributed by atoms with Crippen LogP contribution in [0.4, 0.5) is 23.7 Å². The summed E-state index contributed by atoms with van der Waals surface area (Å²) in [4.78, 5) is 13.7. The number of benzene rings is 2. The number of carbonyl (C=O) groups is 1. The third kappa shape index (κ3) is 6.56. The molecular weight excluding hydrogens is 385 g/mol. The zero-order chi connectivity index (χ0) is 20.0. The second-order valence-electron chi connectivity index (χ2n) is 5.69. The van der Waals surface area contributed by atoms with Crippen molar-refractivity contribution in [2.45, 2.75) is 12.7 Å². The fraction of sp³-hybridized carbons (Fsp3) is 0.278. The Balaban J connectivity index is 2.05. The van der Waals surface area contributed by atoms with E-state index in [0.29, 0.717) is 11.6 Å². The molecule has 0 fully saturated rings. The molecule has 0 radical (unpaired) electrons. The molecule has 0 aromatic heterocycles. The van der Waals surface area contributed by atoms with Crippen molar-refractivity contribution in [2.24, 2.45) is 0 Å². The van der Waals surface area contributed by atoms with Gasteiger partial charge in [0.25, 0.3) is 0 Å². The average Bonchev–Trinajstić information content (AvgIpc) is 2.59. The fourth-order valence-electron chi connectivity index (χ4n) is 2.23. The van der Waals surface area contributed by atoms with Gasteiger partial charge in [-0.3, -0.25) is 0 Å². The van der Waals surface area contributed by atoms with Crippen molar-refractivity contribution in [2.75, 3.05) is 26.1 Å². The number of amides is 2. The van der Waals surface area contributed by atoms with E-state index in [9.17, 15) is 18.0 Å². The third-order valence-corrected chi connectivity index (χ3v) is 3.70. The lowest BCUT2D eigenvalue weighted by molar-refractivity contribution is -0.153. The Bertz CT molecular complexity index is 800. The number of anilines is 1. The Labute approximate surface area is 159 Å². The molecule has 27 heavy (non-hydrogen) atoms. The first-order valence-electron chi connectivity index (χ1n) is 7.82. The van der Waals surface area contributed by atoms with Gasteiger partial charge < -0.3 is 19.7 Å². The molecule has 2 aromatic carbocycles. The molecule has 0 saturated heterocycles. The Morgan fingerprint density at radius 1 is 1.19 bits per heavy atom. The summed E-state index contributed by atoms with van der Waals surface area (Å²) in [7, 11) is 2.90. The summed E-state index contributed by atoms with van der Waals surface area (Å²) in [5.41, 5.74) is 1.11. The van der Waals surface area contributed by atoms with Crippen molar-refractivity contribution >= 4 is 23.3 Å². The number of urea groups is 1. The maximum atomic E-state index is 12.4. The molecule has 146 valence electrons. The van der Waals surface area contributed by atoms with E-state index in [2.05, 4.69) is 5.32 Å². The quantitative estimate of drug-likeness (QED) is 0.743. The van der Waals surface area contributed by atoms with E-state index in [4.69, 9.17) is 21.1 Å². The molecule has 0 spiro atoms. The Morgan fingerprint density at radius 3 is 2.56 bits per heavy atom. The van der Waals surface area contributed by atoms with Crippen molar-refractivity contribution < 1.29 is 27.4 Å². The highest BCUT2D eigenvalue weighted by Gasteiger charge is 2.29. The highest BCUT2D eigenvalue weighted by molar-refractivity contribution is 6.30. The standard InChI is InChI=1S/C18H18ClF3N2O3/c1-24(10-12-4-3-5-13(19)8-12)17(25)23-14-6-7-15(26-2)16(9-14)27-11-18(20,21)22/h3-9H,10-11H2,1-2H3,(H,23,25). The van der Waals surface area contributed by atoms with Crippen LogP contribution in [0.5, 0.6) is 11.5 Å². The summed E-state index contributed by atoms with van der Waals surface area (Å²) in [5.74, 6) is 0.00894. The van der Waals surface area contributed by atoms with Gasteiger partial charge in [-0.25, -0.2) is 4.79 Å². The van der Waals surface area contributed by atoms with Crippen molar-refractivity contribution in [3.05, 3.63) is 53.1 Å². The molecule has 2 aromatic rings. The maximum absolute atomic E-state index is 12.4. The van der Waals surface area contributed by atoms with Gasteiger partial charge in [0.2, 0.25) is 0 Å². The number of hydrogen-bond donors (Lipinski definition) is 1. The van der Waals surface area contributed by atoms with Crippen LogP contribution in [0.1, 0.15) is 5.56 Å². The second-order valence-corrected chi connectivity index (χ2v) is 6.12. The van der Waals surface area contributed by atoms with E-state index in [1.807, 2.05) is 6.07 Å². The Morgan fingerprint density at radius 2 is 1.93 bits per heavy atom. The zero-order valence-electron chi connectivity index (χ0n) is 14.6. The number of rotatable bonds is 6. The number of nitrogens with zero attached hydrogens (tertiary/aromatic N) is 1. The van der Waals surface area contributed by atoms with Gasteiger partial charge in [-0.15, -0.1) is 0 Å². The van der Waals surface area contributed by atoms with E-state index >= 15 is 0 Å². The Kier molecular flexibility index (Phi) is 6.79.